The standard InChI is InChI=1S/C18H25NO2/c1-13-9-15(3)17(10-14(13)2)6-7-18(21)19-8-4-5-16(11-19)12-20/h6-7,9-10,16,20H,4-5,8,11-12H2,1-3H3/b7-6+. The number of aryl methyl sites for hydroxylation is 3. The highest BCUT2D eigenvalue weighted by Gasteiger charge is 2.21. The zero-order valence-electron chi connectivity index (χ0n) is 13.2. The molecule has 0 aliphatic carbocycles. The van der Waals surface area contributed by atoms with E-state index in [1.807, 2.05) is 11.0 Å². The van der Waals surface area contributed by atoms with E-state index in [4.69, 9.17) is 0 Å². The molecule has 21 heavy (non-hydrogen) atoms. The van der Waals surface area contributed by atoms with Crippen molar-refractivity contribution >= 4 is 12.0 Å². The van der Waals surface area contributed by atoms with Crippen LogP contribution in [0, 0.1) is 26.7 Å². The summed E-state index contributed by atoms with van der Waals surface area (Å²) in [5, 5.41) is 9.24. The number of hydrogen-bond acceptors (Lipinski definition) is 2. The molecule has 0 aromatic heterocycles. The van der Waals surface area contributed by atoms with Gasteiger partial charge >= 0.3 is 0 Å². The third-order valence-electron chi connectivity index (χ3n) is 4.38. The molecule has 0 saturated carbocycles. The normalized spacial score (nSPS) is 19.2. The van der Waals surface area contributed by atoms with Gasteiger partial charge in [0.1, 0.15) is 0 Å². The second-order valence-corrected chi connectivity index (χ2v) is 6.10. The fraction of sp³-hybridized carbons (Fsp3) is 0.500. The molecule has 114 valence electrons. The molecule has 1 heterocycles. The van der Waals surface area contributed by atoms with Gasteiger partial charge < -0.3 is 10.0 Å². The maximum Gasteiger partial charge on any atom is 0.246 e. The zero-order chi connectivity index (χ0) is 15.4. The van der Waals surface area contributed by atoms with E-state index in [9.17, 15) is 9.90 Å². The fourth-order valence-corrected chi connectivity index (χ4v) is 2.84. The molecule has 0 spiro atoms. The van der Waals surface area contributed by atoms with Crippen LogP contribution in [0.4, 0.5) is 0 Å². The van der Waals surface area contributed by atoms with Gasteiger partial charge in [-0.3, -0.25) is 4.79 Å². The van der Waals surface area contributed by atoms with Crippen molar-refractivity contribution in [1.29, 1.82) is 0 Å². The highest BCUT2D eigenvalue weighted by atomic mass is 16.3. The van der Waals surface area contributed by atoms with Crippen molar-refractivity contribution in [3.63, 3.8) is 0 Å². The van der Waals surface area contributed by atoms with Crippen LogP contribution < -0.4 is 0 Å². The number of likely N-dealkylation sites (tertiary alicyclic amines) is 1. The topological polar surface area (TPSA) is 40.5 Å². The molecule has 1 N–H and O–H groups in total. The quantitative estimate of drug-likeness (QED) is 0.868. The van der Waals surface area contributed by atoms with E-state index in [0.717, 1.165) is 24.9 Å². The molecule has 1 unspecified atom stereocenters. The van der Waals surface area contributed by atoms with Gasteiger partial charge in [-0.2, -0.15) is 0 Å². The SMILES string of the molecule is Cc1cc(C)c(/C=C/C(=O)N2CCCC(CO)C2)cc1C. The van der Waals surface area contributed by atoms with Crippen molar-refractivity contribution < 1.29 is 9.90 Å². The molecule has 2 rings (SSSR count). The van der Waals surface area contributed by atoms with E-state index in [-0.39, 0.29) is 18.4 Å². The van der Waals surface area contributed by atoms with Crippen molar-refractivity contribution in [2.24, 2.45) is 5.92 Å². The lowest BCUT2D eigenvalue weighted by Crippen LogP contribution is -2.40. The Hall–Kier alpha value is -1.61. The molecule has 1 aliphatic rings. The van der Waals surface area contributed by atoms with Crippen LogP contribution in [-0.4, -0.2) is 35.6 Å². The Kier molecular flexibility index (Phi) is 5.18. The van der Waals surface area contributed by atoms with E-state index in [0.29, 0.717) is 6.54 Å². The summed E-state index contributed by atoms with van der Waals surface area (Å²) in [6, 6.07) is 4.28. The second kappa shape index (κ2) is 6.90. The van der Waals surface area contributed by atoms with E-state index >= 15 is 0 Å². The van der Waals surface area contributed by atoms with Crippen molar-refractivity contribution in [2.45, 2.75) is 33.6 Å². The monoisotopic (exact) mass is 287 g/mol. The van der Waals surface area contributed by atoms with Gasteiger partial charge in [0, 0.05) is 25.8 Å². The lowest BCUT2D eigenvalue weighted by atomic mass is 9.98. The first-order valence-corrected chi connectivity index (χ1v) is 7.67. The van der Waals surface area contributed by atoms with Crippen molar-refractivity contribution in [3.8, 4) is 0 Å². The molecule has 1 aromatic rings. The van der Waals surface area contributed by atoms with Crippen LogP contribution >= 0.6 is 0 Å². The summed E-state index contributed by atoms with van der Waals surface area (Å²) in [7, 11) is 0. The molecule has 0 radical (unpaired) electrons. The van der Waals surface area contributed by atoms with Crippen LogP contribution in [0.25, 0.3) is 6.08 Å². The average molecular weight is 287 g/mol. The van der Waals surface area contributed by atoms with Gasteiger partial charge in [-0.25, -0.2) is 0 Å². The van der Waals surface area contributed by atoms with Crippen LogP contribution in [0.3, 0.4) is 0 Å². The lowest BCUT2D eigenvalue weighted by molar-refractivity contribution is -0.127. The van der Waals surface area contributed by atoms with Crippen LogP contribution in [0.2, 0.25) is 0 Å². The Balaban J connectivity index is 2.07. The number of amides is 1. The van der Waals surface area contributed by atoms with Gasteiger partial charge in [-0.05, 0) is 67.9 Å². The van der Waals surface area contributed by atoms with Crippen molar-refractivity contribution in [3.05, 3.63) is 40.5 Å². The van der Waals surface area contributed by atoms with E-state index in [2.05, 4.69) is 32.9 Å². The highest BCUT2D eigenvalue weighted by Crippen LogP contribution is 2.18. The summed E-state index contributed by atoms with van der Waals surface area (Å²) in [6.45, 7) is 7.90. The van der Waals surface area contributed by atoms with Crippen LogP contribution in [-0.2, 0) is 4.79 Å². The van der Waals surface area contributed by atoms with Gasteiger partial charge in [-0.1, -0.05) is 12.1 Å². The molecule has 1 aromatic carbocycles. The smallest absolute Gasteiger partial charge is 0.246 e. The Bertz CT molecular complexity index is 548. The first kappa shape index (κ1) is 15.8. The Morgan fingerprint density at radius 3 is 2.71 bits per heavy atom. The largest absolute Gasteiger partial charge is 0.396 e. The minimum atomic E-state index is 0.0470. The van der Waals surface area contributed by atoms with Gasteiger partial charge in [0.15, 0.2) is 0 Å². The van der Waals surface area contributed by atoms with Gasteiger partial charge in [-0.15, -0.1) is 0 Å². The first-order chi connectivity index (χ1) is 10.0. The zero-order valence-corrected chi connectivity index (χ0v) is 13.2. The van der Waals surface area contributed by atoms with E-state index in [1.165, 1.54) is 16.7 Å². The predicted molar refractivity (Wildman–Crippen MR) is 86.1 cm³/mol. The molecule has 3 heteroatoms. The molecule has 1 saturated heterocycles. The van der Waals surface area contributed by atoms with Gasteiger partial charge in [0.05, 0.1) is 0 Å². The molecule has 1 aliphatic heterocycles. The Morgan fingerprint density at radius 2 is 2.00 bits per heavy atom. The fourth-order valence-electron chi connectivity index (χ4n) is 2.84. The molecule has 1 amide bonds. The number of benzene rings is 1. The maximum absolute atomic E-state index is 12.3. The summed E-state index contributed by atoms with van der Waals surface area (Å²) in [5.74, 6) is 0.283. The molecular formula is C18H25NO2. The molecule has 0 bridgehead atoms. The summed E-state index contributed by atoms with van der Waals surface area (Å²) in [5.41, 5.74) is 4.81. The molecular weight excluding hydrogens is 262 g/mol. The van der Waals surface area contributed by atoms with Crippen LogP contribution in [0.5, 0.6) is 0 Å². The highest BCUT2D eigenvalue weighted by molar-refractivity contribution is 5.92. The van der Waals surface area contributed by atoms with E-state index in [1.54, 1.807) is 6.08 Å². The lowest BCUT2D eigenvalue weighted by Gasteiger charge is -2.31. The minimum absolute atomic E-state index is 0.0470. The maximum atomic E-state index is 12.3. The summed E-state index contributed by atoms with van der Waals surface area (Å²) < 4.78 is 0. The number of piperidine rings is 1. The Morgan fingerprint density at radius 1 is 1.29 bits per heavy atom. The van der Waals surface area contributed by atoms with Crippen LogP contribution in [0.15, 0.2) is 18.2 Å². The number of nitrogens with zero attached hydrogens (tertiary/aromatic N) is 1. The Labute approximate surface area is 127 Å². The predicted octanol–water partition coefficient (Wildman–Crippen LogP) is 2.86. The third kappa shape index (κ3) is 3.94. The number of carbonyl (C=O) groups is 1. The number of carbonyl (C=O) groups excluding carboxylic acids is 1. The average Bonchev–Trinajstić information content (AvgIpc) is 2.49. The number of rotatable bonds is 3. The summed E-state index contributed by atoms with van der Waals surface area (Å²) in [4.78, 5) is 14.1. The third-order valence-corrected chi connectivity index (χ3v) is 4.38. The van der Waals surface area contributed by atoms with Gasteiger partial charge in [0.25, 0.3) is 0 Å². The van der Waals surface area contributed by atoms with E-state index < -0.39 is 0 Å². The van der Waals surface area contributed by atoms with Crippen molar-refractivity contribution in [2.75, 3.05) is 19.7 Å². The molecule has 1 fully saturated rings. The van der Waals surface area contributed by atoms with Crippen molar-refractivity contribution in [1.82, 2.24) is 4.90 Å². The summed E-state index contributed by atoms with van der Waals surface area (Å²) >= 11 is 0. The molecule has 3 nitrogen and oxygen atoms in total. The van der Waals surface area contributed by atoms with Gasteiger partial charge in [0.2, 0.25) is 5.91 Å². The second-order valence-electron chi connectivity index (χ2n) is 6.10. The number of hydrogen-bond donors (Lipinski definition) is 1. The van der Waals surface area contributed by atoms with Crippen LogP contribution in [0.1, 0.15) is 35.1 Å². The first-order valence-electron chi connectivity index (χ1n) is 7.67. The minimum Gasteiger partial charge on any atom is -0.396 e. The molecule has 1 atom stereocenters. The number of aliphatic hydroxyl groups excluding tert-OH is 1. The summed E-state index contributed by atoms with van der Waals surface area (Å²) in [6.07, 6.45) is 5.57. The number of aliphatic hydroxyl groups is 1.